The van der Waals surface area contributed by atoms with Gasteiger partial charge in [0.1, 0.15) is 11.6 Å². The molecule has 2 atom stereocenters. The fourth-order valence-corrected chi connectivity index (χ4v) is 2.32. The van der Waals surface area contributed by atoms with E-state index in [0.717, 1.165) is 18.6 Å². The molecule has 0 aliphatic rings. The van der Waals surface area contributed by atoms with Crippen molar-refractivity contribution < 1.29 is 8.78 Å². The van der Waals surface area contributed by atoms with E-state index < -0.39 is 11.6 Å². The second kappa shape index (κ2) is 5.47. The summed E-state index contributed by atoms with van der Waals surface area (Å²) in [7, 11) is 0. The van der Waals surface area contributed by atoms with Crippen molar-refractivity contribution in [2.24, 2.45) is 5.73 Å². The van der Waals surface area contributed by atoms with Crippen molar-refractivity contribution in [2.75, 3.05) is 0 Å². The van der Waals surface area contributed by atoms with Crippen LogP contribution in [0, 0.1) is 11.6 Å². The van der Waals surface area contributed by atoms with Crippen LogP contribution in [-0.2, 0) is 0 Å². The summed E-state index contributed by atoms with van der Waals surface area (Å²) in [5.74, 6) is -0.812. The van der Waals surface area contributed by atoms with Crippen LogP contribution in [0.15, 0.2) is 23.1 Å². The first-order valence-corrected chi connectivity index (χ1v) is 5.79. The van der Waals surface area contributed by atoms with Crippen LogP contribution in [0.25, 0.3) is 0 Å². The Balaban J connectivity index is 2.75. The average molecular weight is 231 g/mol. The Morgan fingerprint density at radius 2 is 2.07 bits per heavy atom. The molecule has 4 heteroatoms. The Labute approximate surface area is 93.1 Å². The number of hydrogen-bond acceptors (Lipinski definition) is 2. The van der Waals surface area contributed by atoms with E-state index in [1.807, 2.05) is 13.8 Å². The van der Waals surface area contributed by atoms with Gasteiger partial charge in [-0.2, -0.15) is 0 Å². The van der Waals surface area contributed by atoms with Crippen molar-refractivity contribution in [3.05, 3.63) is 29.8 Å². The largest absolute Gasteiger partial charge is 0.327 e. The summed E-state index contributed by atoms with van der Waals surface area (Å²) in [6.07, 6.45) is 0.825. The van der Waals surface area contributed by atoms with Crippen LogP contribution in [0.5, 0.6) is 0 Å². The van der Waals surface area contributed by atoms with Gasteiger partial charge in [-0.3, -0.25) is 0 Å². The molecule has 0 radical (unpaired) electrons. The molecule has 0 amide bonds. The predicted molar refractivity (Wildman–Crippen MR) is 59.9 cm³/mol. The van der Waals surface area contributed by atoms with Gasteiger partial charge in [0.25, 0.3) is 0 Å². The smallest absolute Gasteiger partial charge is 0.136 e. The highest BCUT2D eigenvalue weighted by Crippen LogP contribution is 2.28. The molecule has 2 unspecified atom stereocenters. The molecule has 15 heavy (non-hydrogen) atoms. The molecule has 0 aliphatic carbocycles. The SMILES string of the molecule is CCC(N)C(C)Sc1cc(F)ccc1F. The Morgan fingerprint density at radius 3 is 2.67 bits per heavy atom. The highest BCUT2D eigenvalue weighted by molar-refractivity contribution is 8.00. The lowest BCUT2D eigenvalue weighted by Gasteiger charge is -2.17. The quantitative estimate of drug-likeness (QED) is 0.805. The van der Waals surface area contributed by atoms with Gasteiger partial charge in [0, 0.05) is 16.2 Å². The van der Waals surface area contributed by atoms with Crippen molar-refractivity contribution in [2.45, 2.75) is 36.5 Å². The van der Waals surface area contributed by atoms with Gasteiger partial charge in [-0.15, -0.1) is 11.8 Å². The molecule has 1 aromatic rings. The molecule has 84 valence electrons. The van der Waals surface area contributed by atoms with E-state index in [9.17, 15) is 8.78 Å². The fourth-order valence-electron chi connectivity index (χ4n) is 1.19. The van der Waals surface area contributed by atoms with Crippen LogP contribution in [0.3, 0.4) is 0 Å². The van der Waals surface area contributed by atoms with Crippen LogP contribution in [0.2, 0.25) is 0 Å². The zero-order valence-corrected chi connectivity index (χ0v) is 9.65. The van der Waals surface area contributed by atoms with Crippen molar-refractivity contribution in [1.29, 1.82) is 0 Å². The number of thioether (sulfide) groups is 1. The van der Waals surface area contributed by atoms with Crippen molar-refractivity contribution in [3.63, 3.8) is 0 Å². The van der Waals surface area contributed by atoms with Crippen LogP contribution >= 0.6 is 11.8 Å². The van der Waals surface area contributed by atoms with Gasteiger partial charge < -0.3 is 5.73 Å². The average Bonchev–Trinajstić information content (AvgIpc) is 2.22. The van der Waals surface area contributed by atoms with E-state index >= 15 is 0 Å². The summed E-state index contributed by atoms with van der Waals surface area (Å²) in [5.41, 5.74) is 5.82. The van der Waals surface area contributed by atoms with Gasteiger partial charge in [0.15, 0.2) is 0 Å². The van der Waals surface area contributed by atoms with E-state index in [0.29, 0.717) is 4.90 Å². The zero-order chi connectivity index (χ0) is 11.4. The van der Waals surface area contributed by atoms with Gasteiger partial charge in [0.2, 0.25) is 0 Å². The summed E-state index contributed by atoms with van der Waals surface area (Å²) in [4.78, 5) is 0.325. The number of benzene rings is 1. The van der Waals surface area contributed by atoms with Gasteiger partial charge in [-0.25, -0.2) is 8.78 Å². The van der Waals surface area contributed by atoms with Crippen LogP contribution in [0.4, 0.5) is 8.78 Å². The first-order chi connectivity index (χ1) is 7.04. The third-order valence-corrected chi connectivity index (χ3v) is 3.57. The molecular formula is C11H15F2NS. The molecule has 0 aromatic heterocycles. The molecule has 0 saturated heterocycles. The third-order valence-electron chi connectivity index (χ3n) is 2.28. The van der Waals surface area contributed by atoms with E-state index in [1.165, 1.54) is 17.8 Å². The molecule has 0 aliphatic heterocycles. The van der Waals surface area contributed by atoms with Crippen molar-refractivity contribution >= 4 is 11.8 Å². The maximum absolute atomic E-state index is 13.3. The lowest BCUT2D eigenvalue weighted by molar-refractivity contribution is 0.575. The maximum atomic E-state index is 13.3. The lowest BCUT2D eigenvalue weighted by Crippen LogP contribution is -2.29. The first kappa shape index (κ1) is 12.5. The summed E-state index contributed by atoms with van der Waals surface area (Å²) < 4.78 is 26.1. The zero-order valence-electron chi connectivity index (χ0n) is 8.84. The molecule has 1 nitrogen and oxygen atoms in total. The van der Waals surface area contributed by atoms with Crippen LogP contribution in [0.1, 0.15) is 20.3 Å². The molecule has 0 saturated carbocycles. The maximum Gasteiger partial charge on any atom is 0.136 e. The number of hydrogen-bond donors (Lipinski definition) is 1. The highest BCUT2D eigenvalue weighted by atomic mass is 32.2. The summed E-state index contributed by atoms with van der Waals surface area (Å²) in [6, 6.07) is 3.46. The second-order valence-electron chi connectivity index (χ2n) is 3.47. The fraction of sp³-hybridized carbons (Fsp3) is 0.455. The van der Waals surface area contributed by atoms with Gasteiger partial charge in [-0.05, 0) is 24.6 Å². The topological polar surface area (TPSA) is 26.0 Å². The third kappa shape index (κ3) is 3.47. The molecule has 0 bridgehead atoms. The minimum Gasteiger partial charge on any atom is -0.327 e. The second-order valence-corrected chi connectivity index (χ2v) is 4.89. The lowest BCUT2D eigenvalue weighted by atomic mass is 10.2. The van der Waals surface area contributed by atoms with Crippen molar-refractivity contribution in [1.82, 2.24) is 0 Å². The van der Waals surface area contributed by atoms with E-state index in [1.54, 1.807) is 0 Å². The van der Waals surface area contributed by atoms with Crippen LogP contribution in [-0.4, -0.2) is 11.3 Å². The molecule has 1 aromatic carbocycles. The molecule has 0 heterocycles. The van der Waals surface area contributed by atoms with Gasteiger partial charge in [0.05, 0.1) is 0 Å². The predicted octanol–water partition coefficient (Wildman–Crippen LogP) is 3.18. The highest BCUT2D eigenvalue weighted by Gasteiger charge is 2.14. The Kier molecular flexibility index (Phi) is 4.54. The van der Waals surface area contributed by atoms with E-state index in [2.05, 4.69) is 0 Å². The summed E-state index contributed by atoms with van der Waals surface area (Å²) >= 11 is 1.28. The Bertz CT molecular complexity index is 330. The summed E-state index contributed by atoms with van der Waals surface area (Å²) in [6.45, 7) is 3.90. The minimum absolute atomic E-state index is 0.00216. The normalized spacial score (nSPS) is 15.0. The van der Waals surface area contributed by atoms with E-state index in [-0.39, 0.29) is 11.3 Å². The minimum atomic E-state index is -0.420. The number of nitrogens with two attached hydrogens (primary N) is 1. The molecule has 1 rings (SSSR count). The Morgan fingerprint density at radius 1 is 1.40 bits per heavy atom. The molecule has 0 spiro atoms. The number of rotatable bonds is 4. The van der Waals surface area contributed by atoms with Gasteiger partial charge in [-0.1, -0.05) is 13.8 Å². The van der Waals surface area contributed by atoms with Crippen molar-refractivity contribution in [3.8, 4) is 0 Å². The molecular weight excluding hydrogens is 216 g/mol. The standard InChI is InChI=1S/C11H15F2NS/c1-3-10(14)7(2)15-11-6-8(12)4-5-9(11)13/h4-7,10H,3,14H2,1-2H3. The molecule has 0 fully saturated rings. The first-order valence-electron chi connectivity index (χ1n) is 4.92. The Hall–Kier alpha value is -0.610. The number of halogens is 2. The monoisotopic (exact) mass is 231 g/mol. The van der Waals surface area contributed by atoms with Crippen LogP contribution < -0.4 is 5.73 Å². The van der Waals surface area contributed by atoms with Gasteiger partial charge >= 0.3 is 0 Å². The summed E-state index contributed by atoms with van der Waals surface area (Å²) in [5, 5.41) is 0.0753. The van der Waals surface area contributed by atoms with E-state index in [4.69, 9.17) is 5.73 Å². The molecule has 2 N–H and O–H groups in total.